The number of hydrogen-bond donors (Lipinski definition) is 1. The van der Waals surface area contributed by atoms with E-state index in [0.29, 0.717) is 11.3 Å². The summed E-state index contributed by atoms with van der Waals surface area (Å²) in [6.45, 7) is 12.0. The van der Waals surface area contributed by atoms with Crippen LogP contribution in [0, 0.1) is 19.3 Å². The number of para-hydroxylation sites is 1. The number of pyridine rings is 1. The maximum atomic E-state index is 12.4. The van der Waals surface area contributed by atoms with E-state index < -0.39 is 0 Å². The van der Waals surface area contributed by atoms with Crippen LogP contribution in [0.4, 0.5) is 0 Å². The van der Waals surface area contributed by atoms with E-state index in [2.05, 4.69) is 36.3 Å². The van der Waals surface area contributed by atoms with Gasteiger partial charge in [0.2, 0.25) is 0 Å². The van der Waals surface area contributed by atoms with Crippen LogP contribution in [0.1, 0.15) is 49.3 Å². The number of rotatable bonds is 2. The summed E-state index contributed by atoms with van der Waals surface area (Å²) in [5, 5.41) is 5.16. The number of carbonyl (C=O) groups is 1. The molecule has 0 bridgehead atoms. The fraction of sp³-hybridized carbons (Fsp3) is 0.389. The van der Waals surface area contributed by atoms with Crippen LogP contribution in [-0.4, -0.2) is 16.6 Å². The van der Waals surface area contributed by atoms with Crippen molar-refractivity contribution in [2.75, 3.05) is 0 Å². The summed E-state index contributed by atoms with van der Waals surface area (Å²) < 4.78 is 0. The molecule has 22 heavy (non-hydrogen) atoms. The molecule has 0 atom stereocenters. The van der Waals surface area contributed by atoms with Crippen molar-refractivity contribution in [1.82, 2.24) is 10.4 Å². The van der Waals surface area contributed by atoms with Crippen molar-refractivity contribution in [3.63, 3.8) is 0 Å². The smallest absolute Gasteiger partial charge is 0.267 e. The molecule has 0 unspecified atom stereocenters. The van der Waals surface area contributed by atoms with E-state index in [1.54, 1.807) is 0 Å². The Balaban J connectivity index is 2.35. The van der Waals surface area contributed by atoms with Crippen molar-refractivity contribution in [1.29, 1.82) is 0 Å². The summed E-state index contributed by atoms with van der Waals surface area (Å²) in [5.74, 6) is -0.225. The van der Waals surface area contributed by atoms with Crippen LogP contribution in [0.5, 0.6) is 0 Å². The molecular weight excluding hydrogens is 274 g/mol. The summed E-state index contributed by atoms with van der Waals surface area (Å²) in [7, 11) is 0. The third kappa shape index (κ3) is 3.32. The van der Waals surface area contributed by atoms with Crippen LogP contribution in [0.25, 0.3) is 10.9 Å². The zero-order chi connectivity index (χ0) is 16.5. The Morgan fingerprint density at radius 1 is 1.23 bits per heavy atom. The first-order chi connectivity index (χ1) is 10.2. The standard InChI is InChI=1S/C18H23N3O/c1-11-8-7-9-14-10-15(12(2)19-16(11)14)17(22)21-20-13(3)18(4,5)6/h7-10H,1-6H3,(H,21,22)/b20-13-. The van der Waals surface area contributed by atoms with E-state index in [4.69, 9.17) is 0 Å². The van der Waals surface area contributed by atoms with E-state index in [9.17, 15) is 4.79 Å². The minimum absolute atomic E-state index is 0.0684. The van der Waals surface area contributed by atoms with E-state index in [1.807, 2.05) is 45.0 Å². The maximum absolute atomic E-state index is 12.4. The topological polar surface area (TPSA) is 54.4 Å². The van der Waals surface area contributed by atoms with Crippen molar-refractivity contribution in [2.24, 2.45) is 10.5 Å². The molecule has 2 aromatic rings. The van der Waals surface area contributed by atoms with Crippen molar-refractivity contribution in [3.8, 4) is 0 Å². The zero-order valence-corrected chi connectivity index (χ0v) is 14.1. The number of nitrogens with one attached hydrogen (secondary N) is 1. The fourth-order valence-electron chi connectivity index (χ4n) is 2.03. The Kier molecular flexibility index (Phi) is 4.31. The van der Waals surface area contributed by atoms with Gasteiger partial charge >= 0.3 is 0 Å². The van der Waals surface area contributed by atoms with Crippen LogP contribution in [-0.2, 0) is 0 Å². The number of hydrogen-bond acceptors (Lipinski definition) is 3. The summed E-state index contributed by atoms with van der Waals surface area (Å²) in [5.41, 5.74) is 6.76. The minimum atomic E-state index is -0.225. The SMILES string of the molecule is C/C(=N/NC(=O)c1cc2cccc(C)c2nc1C)C(C)(C)C. The molecule has 4 nitrogen and oxygen atoms in total. The first-order valence-corrected chi connectivity index (χ1v) is 7.42. The van der Waals surface area contributed by atoms with Gasteiger partial charge < -0.3 is 0 Å². The van der Waals surface area contributed by atoms with Gasteiger partial charge in [-0.05, 0) is 32.4 Å². The summed E-state index contributed by atoms with van der Waals surface area (Å²) >= 11 is 0. The molecular formula is C18H23N3O. The lowest BCUT2D eigenvalue weighted by molar-refractivity contribution is 0.0953. The minimum Gasteiger partial charge on any atom is -0.267 e. The number of amides is 1. The molecule has 116 valence electrons. The number of fused-ring (bicyclic) bond motifs is 1. The largest absolute Gasteiger partial charge is 0.273 e. The first kappa shape index (κ1) is 16.1. The highest BCUT2D eigenvalue weighted by molar-refractivity contribution is 5.99. The van der Waals surface area contributed by atoms with Crippen LogP contribution >= 0.6 is 0 Å². The van der Waals surface area contributed by atoms with Gasteiger partial charge in [-0.25, -0.2) is 5.43 Å². The van der Waals surface area contributed by atoms with Gasteiger partial charge in [0.15, 0.2) is 0 Å². The number of aromatic nitrogens is 1. The van der Waals surface area contributed by atoms with E-state index in [1.165, 1.54) is 0 Å². The molecule has 0 saturated carbocycles. The Hall–Kier alpha value is -2.23. The van der Waals surface area contributed by atoms with Gasteiger partial charge in [0.1, 0.15) is 0 Å². The average Bonchev–Trinajstić information content (AvgIpc) is 2.43. The van der Waals surface area contributed by atoms with Gasteiger partial charge in [0, 0.05) is 16.5 Å². The van der Waals surface area contributed by atoms with Gasteiger partial charge in [0.05, 0.1) is 16.8 Å². The molecule has 0 aliphatic heterocycles. The summed E-state index contributed by atoms with van der Waals surface area (Å²) in [4.78, 5) is 16.9. The Labute approximate surface area is 131 Å². The Morgan fingerprint density at radius 3 is 2.55 bits per heavy atom. The molecule has 1 aromatic carbocycles. The first-order valence-electron chi connectivity index (χ1n) is 7.42. The maximum Gasteiger partial charge on any atom is 0.273 e. The Bertz CT molecular complexity index is 755. The van der Waals surface area contributed by atoms with Crippen molar-refractivity contribution in [2.45, 2.75) is 41.5 Å². The molecule has 0 saturated heterocycles. The van der Waals surface area contributed by atoms with Crippen molar-refractivity contribution >= 4 is 22.5 Å². The van der Waals surface area contributed by atoms with Crippen LogP contribution in [0.3, 0.4) is 0 Å². The van der Waals surface area contributed by atoms with Crippen LogP contribution < -0.4 is 5.43 Å². The van der Waals surface area contributed by atoms with Crippen LogP contribution in [0.2, 0.25) is 0 Å². The summed E-state index contributed by atoms with van der Waals surface area (Å²) in [6, 6.07) is 7.83. The average molecular weight is 297 g/mol. The van der Waals surface area contributed by atoms with Crippen molar-refractivity contribution in [3.05, 3.63) is 41.1 Å². The van der Waals surface area contributed by atoms with Gasteiger partial charge in [-0.3, -0.25) is 9.78 Å². The molecule has 1 aromatic heterocycles. The van der Waals surface area contributed by atoms with Crippen molar-refractivity contribution < 1.29 is 4.79 Å². The quantitative estimate of drug-likeness (QED) is 0.672. The second-order valence-corrected chi connectivity index (χ2v) is 6.66. The molecule has 2 rings (SSSR count). The normalized spacial score (nSPS) is 12.5. The highest BCUT2D eigenvalue weighted by atomic mass is 16.2. The highest BCUT2D eigenvalue weighted by Crippen LogP contribution is 2.20. The lowest BCUT2D eigenvalue weighted by Crippen LogP contribution is -2.25. The Morgan fingerprint density at radius 2 is 1.91 bits per heavy atom. The number of carbonyl (C=O) groups excluding carboxylic acids is 1. The molecule has 1 amide bonds. The predicted octanol–water partition coefficient (Wildman–Crippen LogP) is 4.00. The molecule has 0 fully saturated rings. The second kappa shape index (κ2) is 5.87. The lowest BCUT2D eigenvalue weighted by atomic mass is 9.91. The second-order valence-electron chi connectivity index (χ2n) is 6.66. The number of aryl methyl sites for hydroxylation is 2. The summed E-state index contributed by atoms with van der Waals surface area (Å²) in [6.07, 6.45) is 0. The van der Waals surface area contributed by atoms with Crippen LogP contribution in [0.15, 0.2) is 29.4 Å². The van der Waals surface area contributed by atoms with Gasteiger partial charge in [-0.2, -0.15) is 5.10 Å². The number of nitrogens with zero attached hydrogens (tertiary/aromatic N) is 2. The highest BCUT2D eigenvalue weighted by Gasteiger charge is 2.16. The third-order valence-corrected chi connectivity index (χ3v) is 3.89. The van der Waals surface area contributed by atoms with E-state index >= 15 is 0 Å². The van der Waals surface area contributed by atoms with Gasteiger partial charge in [-0.15, -0.1) is 0 Å². The molecule has 1 heterocycles. The number of hydrazone groups is 1. The monoisotopic (exact) mass is 297 g/mol. The van der Waals surface area contributed by atoms with Gasteiger partial charge in [-0.1, -0.05) is 39.0 Å². The molecule has 1 N–H and O–H groups in total. The molecule has 4 heteroatoms. The predicted molar refractivity (Wildman–Crippen MR) is 91.2 cm³/mol. The number of benzene rings is 1. The molecule has 0 aliphatic carbocycles. The zero-order valence-electron chi connectivity index (χ0n) is 14.1. The molecule has 0 spiro atoms. The van der Waals surface area contributed by atoms with Gasteiger partial charge in [0.25, 0.3) is 5.91 Å². The fourth-order valence-corrected chi connectivity index (χ4v) is 2.03. The molecule has 0 radical (unpaired) electrons. The lowest BCUT2D eigenvalue weighted by Gasteiger charge is -2.17. The third-order valence-electron chi connectivity index (χ3n) is 3.89. The van der Waals surface area contributed by atoms with E-state index in [-0.39, 0.29) is 11.3 Å². The molecule has 0 aliphatic rings. The van der Waals surface area contributed by atoms with E-state index in [0.717, 1.165) is 22.2 Å².